The van der Waals surface area contributed by atoms with Gasteiger partial charge in [0.15, 0.2) is 0 Å². The molecule has 2 heterocycles. The van der Waals surface area contributed by atoms with E-state index in [1.165, 1.54) is 91.9 Å². The van der Waals surface area contributed by atoms with Gasteiger partial charge in [-0.15, -0.1) is 0 Å². The SMILES string of the molecule is CC12CCCCC1(C)N(c1ccc3ccc4c(N5c6ccc(C#N)cc6C6(C)CCCCC56C)ccc5ccc1c3c54)c1ccc(C#N)cc12. The molecule has 0 N–H and O–H groups in total. The molecule has 50 heavy (non-hydrogen) atoms. The molecule has 4 nitrogen and oxygen atoms in total. The summed E-state index contributed by atoms with van der Waals surface area (Å²) in [5.74, 6) is 0. The molecule has 246 valence electrons. The minimum Gasteiger partial charge on any atom is -0.334 e. The van der Waals surface area contributed by atoms with Crippen molar-refractivity contribution in [2.45, 2.75) is 101 Å². The van der Waals surface area contributed by atoms with Crippen LogP contribution in [0.25, 0.3) is 32.3 Å². The number of rotatable bonds is 2. The summed E-state index contributed by atoms with van der Waals surface area (Å²) in [6, 6.07) is 36.4. The van der Waals surface area contributed by atoms with Gasteiger partial charge in [0, 0.05) is 44.4 Å². The Morgan fingerprint density at radius 3 is 1.28 bits per heavy atom. The maximum Gasteiger partial charge on any atom is 0.0991 e. The Labute approximate surface area is 294 Å². The van der Waals surface area contributed by atoms with Crippen molar-refractivity contribution in [3.63, 3.8) is 0 Å². The predicted molar refractivity (Wildman–Crippen MR) is 205 cm³/mol. The summed E-state index contributed by atoms with van der Waals surface area (Å²) >= 11 is 0. The molecular formula is C46H42N4. The molecule has 4 unspecified atom stereocenters. The van der Waals surface area contributed by atoms with Crippen LogP contribution < -0.4 is 9.80 Å². The van der Waals surface area contributed by atoms with Crippen molar-refractivity contribution in [2.75, 3.05) is 9.80 Å². The highest BCUT2D eigenvalue weighted by atomic mass is 15.3. The summed E-state index contributed by atoms with van der Waals surface area (Å²) in [4.78, 5) is 5.32. The van der Waals surface area contributed by atoms with E-state index in [1.54, 1.807) is 0 Å². The second kappa shape index (κ2) is 9.80. The highest BCUT2D eigenvalue weighted by Crippen LogP contribution is 2.64. The summed E-state index contributed by atoms with van der Waals surface area (Å²) in [5.41, 5.74) is 8.89. The van der Waals surface area contributed by atoms with Crippen LogP contribution in [0.5, 0.6) is 0 Å². The normalized spacial score (nSPS) is 28.4. The van der Waals surface area contributed by atoms with Crippen molar-refractivity contribution in [1.29, 1.82) is 10.5 Å². The number of fused-ring (bicyclic) bond motifs is 6. The molecule has 4 atom stereocenters. The maximum atomic E-state index is 9.89. The van der Waals surface area contributed by atoms with Gasteiger partial charge in [-0.25, -0.2) is 0 Å². The number of nitrogens with zero attached hydrogens (tertiary/aromatic N) is 4. The Hall–Kier alpha value is -5.06. The molecule has 6 aromatic rings. The second-order valence-corrected chi connectivity index (χ2v) is 16.6. The van der Waals surface area contributed by atoms with E-state index >= 15 is 0 Å². The fourth-order valence-electron chi connectivity index (χ4n) is 11.5. The average molecular weight is 651 g/mol. The number of anilines is 4. The first-order valence-corrected chi connectivity index (χ1v) is 18.6. The first kappa shape index (κ1) is 29.8. The van der Waals surface area contributed by atoms with Gasteiger partial charge in [0.25, 0.3) is 0 Å². The van der Waals surface area contributed by atoms with Crippen LogP contribution in [0.3, 0.4) is 0 Å². The molecule has 0 bridgehead atoms. The van der Waals surface area contributed by atoms with Crippen LogP contribution in [-0.2, 0) is 10.8 Å². The monoisotopic (exact) mass is 650 g/mol. The molecule has 0 aromatic heterocycles. The largest absolute Gasteiger partial charge is 0.334 e. The summed E-state index contributed by atoms with van der Waals surface area (Å²) in [5, 5.41) is 27.6. The summed E-state index contributed by atoms with van der Waals surface area (Å²) in [7, 11) is 0. The third-order valence-corrected chi connectivity index (χ3v) is 14.6. The minimum absolute atomic E-state index is 0.0404. The smallest absolute Gasteiger partial charge is 0.0991 e. The molecule has 0 spiro atoms. The van der Waals surface area contributed by atoms with Crippen LogP contribution in [-0.4, -0.2) is 11.1 Å². The molecule has 10 rings (SSSR count). The lowest BCUT2D eigenvalue weighted by atomic mass is 9.61. The van der Waals surface area contributed by atoms with Crippen molar-refractivity contribution in [1.82, 2.24) is 0 Å². The standard InChI is InChI=1S/C46H42N4/c1-43-21-5-7-23-45(43,3)49(39-17-9-29(27-47)25-35(39)43)37-19-13-31-12-16-34-38(20-14-32-11-15-33(37)41(31)42(32)34)50-40-18-10-30(28-48)26-36(40)44(2)22-6-8-24-46(44,50)4/h9-20,25-26H,5-8,21-24H2,1-4H3. The number of nitriles is 2. The van der Waals surface area contributed by atoms with Gasteiger partial charge in [-0.2, -0.15) is 10.5 Å². The Morgan fingerprint density at radius 2 is 0.860 bits per heavy atom. The second-order valence-electron chi connectivity index (χ2n) is 16.6. The Morgan fingerprint density at radius 1 is 0.480 bits per heavy atom. The Balaban J connectivity index is 1.23. The van der Waals surface area contributed by atoms with E-state index in [-0.39, 0.29) is 21.9 Å². The van der Waals surface area contributed by atoms with Gasteiger partial charge in [0.2, 0.25) is 0 Å². The first-order valence-electron chi connectivity index (χ1n) is 18.6. The van der Waals surface area contributed by atoms with E-state index < -0.39 is 0 Å². The zero-order chi connectivity index (χ0) is 34.2. The van der Waals surface area contributed by atoms with E-state index in [4.69, 9.17) is 0 Å². The van der Waals surface area contributed by atoms with Crippen molar-refractivity contribution in [2.24, 2.45) is 0 Å². The third kappa shape index (κ3) is 3.40. The molecule has 4 aliphatic rings. The molecular weight excluding hydrogens is 609 g/mol. The average Bonchev–Trinajstić information content (AvgIpc) is 3.47. The highest BCUT2D eigenvalue weighted by molar-refractivity contribution is 6.28. The summed E-state index contributed by atoms with van der Waals surface area (Å²) in [6.07, 6.45) is 9.34. The predicted octanol–water partition coefficient (Wildman–Crippen LogP) is 11.8. The van der Waals surface area contributed by atoms with E-state index in [2.05, 4.69) is 122 Å². The Bertz CT molecular complexity index is 2340. The lowest BCUT2D eigenvalue weighted by Gasteiger charge is -2.50. The van der Waals surface area contributed by atoms with Crippen LogP contribution in [0.2, 0.25) is 0 Å². The molecule has 2 aliphatic carbocycles. The molecule has 2 saturated carbocycles. The Kier molecular flexibility index (Phi) is 5.84. The van der Waals surface area contributed by atoms with Crippen molar-refractivity contribution in [3.8, 4) is 12.1 Å². The van der Waals surface area contributed by atoms with Crippen LogP contribution in [0.1, 0.15) is 101 Å². The maximum absolute atomic E-state index is 9.89. The highest BCUT2D eigenvalue weighted by Gasteiger charge is 2.59. The quantitative estimate of drug-likeness (QED) is 0.175. The van der Waals surface area contributed by atoms with Gasteiger partial charge in [-0.1, -0.05) is 75.9 Å². The molecule has 4 heteroatoms. The van der Waals surface area contributed by atoms with Gasteiger partial charge >= 0.3 is 0 Å². The lowest BCUT2D eigenvalue weighted by Crippen LogP contribution is -2.54. The zero-order valence-corrected chi connectivity index (χ0v) is 29.5. The zero-order valence-electron chi connectivity index (χ0n) is 29.5. The van der Waals surface area contributed by atoms with E-state index in [9.17, 15) is 10.5 Å². The van der Waals surface area contributed by atoms with Crippen molar-refractivity contribution >= 4 is 55.1 Å². The summed E-state index contributed by atoms with van der Waals surface area (Å²) < 4.78 is 0. The van der Waals surface area contributed by atoms with Gasteiger partial charge in [-0.3, -0.25) is 0 Å². The molecule has 2 aliphatic heterocycles. The fourth-order valence-corrected chi connectivity index (χ4v) is 11.5. The third-order valence-electron chi connectivity index (χ3n) is 14.6. The van der Waals surface area contributed by atoms with Gasteiger partial charge in [0.05, 0.1) is 34.3 Å². The minimum atomic E-state index is -0.0999. The van der Waals surface area contributed by atoms with Crippen LogP contribution in [0, 0.1) is 22.7 Å². The molecule has 0 radical (unpaired) electrons. The number of hydrogen-bond donors (Lipinski definition) is 0. The molecule has 2 fully saturated rings. The summed E-state index contributed by atoms with van der Waals surface area (Å²) in [6.45, 7) is 9.83. The van der Waals surface area contributed by atoms with Crippen LogP contribution in [0.4, 0.5) is 22.7 Å². The number of benzene rings is 6. The van der Waals surface area contributed by atoms with Crippen LogP contribution >= 0.6 is 0 Å². The van der Waals surface area contributed by atoms with Crippen molar-refractivity contribution in [3.05, 3.63) is 107 Å². The van der Waals surface area contributed by atoms with Crippen LogP contribution in [0.15, 0.2) is 84.9 Å². The van der Waals surface area contributed by atoms with Gasteiger partial charge in [0.1, 0.15) is 0 Å². The molecule has 0 amide bonds. The lowest BCUT2D eigenvalue weighted by molar-refractivity contribution is 0.195. The van der Waals surface area contributed by atoms with E-state index in [1.807, 2.05) is 12.1 Å². The van der Waals surface area contributed by atoms with E-state index in [0.29, 0.717) is 0 Å². The van der Waals surface area contributed by atoms with Gasteiger partial charge in [-0.05, 0) is 121 Å². The first-order chi connectivity index (χ1) is 24.2. The number of hydrogen-bond acceptors (Lipinski definition) is 4. The topological polar surface area (TPSA) is 54.1 Å². The van der Waals surface area contributed by atoms with Gasteiger partial charge < -0.3 is 9.80 Å². The fraction of sp³-hybridized carbons (Fsp3) is 0.348. The molecule has 6 aromatic carbocycles. The van der Waals surface area contributed by atoms with E-state index in [0.717, 1.165) is 36.8 Å². The van der Waals surface area contributed by atoms with Crippen molar-refractivity contribution < 1.29 is 0 Å². The molecule has 0 saturated heterocycles.